The third kappa shape index (κ3) is 4.00. The lowest BCUT2D eigenvalue weighted by atomic mass is 10.2. The van der Waals surface area contributed by atoms with Crippen molar-refractivity contribution < 1.29 is 21.4 Å². The zero-order valence-corrected chi connectivity index (χ0v) is 11.4. The molecule has 0 fully saturated rings. The molecular weight excluding hydrogens is 300 g/mol. The minimum absolute atomic E-state index is 0.315. The molecule has 0 N–H and O–H groups in total. The quantitative estimate of drug-likeness (QED) is 0.814. The van der Waals surface area contributed by atoms with Crippen LogP contribution < -0.4 is 4.18 Å². The van der Waals surface area contributed by atoms with Crippen molar-refractivity contribution in [1.82, 2.24) is 0 Å². The summed E-state index contributed by atoms with van der Waals surface area (Å²) in [6.45, 7) is 0. The van der Waals surface area contributed by atoms with E-state index in [9.17, 15) is 17.2 Å². The minimum Gasteiger partial charge on any atom is -0.382 e. The zero-order chi connectivity index (χ0) is 15.5. The van der Waals surface area contributed by atoms with Crippen LogP contribution in [0.15, 0.2) is 42.5 Å². The third-order valence-corrected chi connectivity index (χ3v) is 3.65. The largest absolute Gasteiger partial charge is 0.382 e. The molecule has 0 aliphatic heterocycles. The van der Waals surface area contributed by atoms with Gasteiger partial charge in [-0.15, -0.1) is 0 Å². The van der Waals surface area contributed by atoms with Gasteiger partial charge in [-0.2, -0.15) is 13.7 Å². The molecule has 0 aromatic heterocycles. The maximum Gasteiger partial charge on any atom is 0.313 e. The van der Waals surface area contributed by atoms with Crippen LogP contribution in [0, 0.1) is 23.0 Å². The van der Waals surface area contributed by atoms with Gasteiger partial charge in [-0.25, -0.2) is 8.78 Å². The maximum atomic E-state index is 13.0. The van der Waals surface area contributed by atoms with E-state index >= 15 is 0 Å². The summed E-state index contributed by atoms with van der Waals surface area (Å²) in [5, 5.41) is 8.74. The molecule has 21 heavy (non-hydrogen) atoms. The van der Waals surface area contributed by atoms with Crippen LogP contribution in [-0.2, 0) is 15.9 Å². The van der Waals surface area contributed by atoms with Crippen molar-refractivity contribution in [3.63, 3.8) is 0 Å². The summed E-state index contributed by atoms with van der Waals surface area (Å²) in [5.41, 5.74) is 0.673. The van der Waals surface area contributed by atoms with Crippen molar-refractivity contribution in [2.75, 3.05) is 0 Å². The van der Waals surface area contributed by atoms with E-state index in [0.717, 1.165) is 12.1 Å². The lowest BCUT2D eigenvalue weighted by Gasteiger charge is -2.07. The van der Waals surface area contributed by atoms with E-state index in [0.29, 0.717) is 17.2 Å². The first-order chi connectivity index (χ1) is 9.89. The molecule has 4 nitrogen and oxygen atoms in total. The molecule has 0 aliphatic carbocycles. The number of hydrogen-bond donors (Lipinski definition) is 0. The predicted molar refractivity (Wildman–Crippen MR) is 70.8 cm³/mol. The summed E-state index contributed by atoms with van der Waals surface area (Å²) < 4.78 is 54.1. The molecule has 2 aromatic rings. The van der Waals surface area contributed by atoms with Crippen LogP contribution in [0.2, 0.25) is 0 Å². The van der Waals surface area contributed by atoms with Gasteiger partial charge < -0.3 is 4.18 Å². The van der Waals surface area contributed by atoms with Gasteiger partial charge in [-0.3, -0.25) is 0 Å². The number of nitrogens with zero attached hydrogens (tertiary/aromatic N) is 1. The number of nitriles is 1. The fourth-order valence-electron chi connectivity index (χ4n) is 1.64. The highest BCUT2D eigenvalue weighted by molar-refractivity contribution is 7.86. The first-order valence-corrected chi connectivity index (χ1v) is 7.33. The molecule has 0 saturated carbocycles. The van der Waals surface area contributed by atoms with Crippen LogP contribution in [-0.4, -0.2) is 8.42 Å². The Kier molecular flexibility index (Phi) is 4.19. The molecule has 108 valence electrons. The Labute approximate surface area is 120 Å². The average molecular weight is 309 g/mol. The summed E-state index contributed by atoms with van der Waals surface area (Å²) >= 11 is 0. The summed E-state index contributed by atoms with van der Waals surface area (Å²) in [5.74, 6) is -3.09. The zero-order valence-electron chi connectivity index (χ0n) is 10.6. The second kappa shape index (κ2) is 5.89. The number of halogens is 2. The van der Waals surface area contributed by atoms with Crippen molar-refractivity contribution in [3.05, 3.63) is 65.2 Å². The van der Waals surface area contributed by atoms with Crippen molar-refractivity contribution in [1.29, 1.82) is 5.26 Å². The van der Waals surface area contributed by atoms with E-state index in [2.05, 4.69) is 0 Å². The molecule has 2 rings (SSSR count). The third-order valence-electron chi connectivity index (χ3n) is 2.51. The van der Waals surface area contributed by atoms with Gasteiger partial charge in [0.05, 0.1) is 11.6 Å². The van der Waals surface area contributed by atoms with Gasteiger partial charge in [0.25, 0.3) is 0 Å². The molecular formula is C14H9F2NO3S. The summed E-state index contributed by atoms with van der Waals surface area (Å²) in [6.07, 6.45) is 0. The Morgan fingerprint density at radius 2 is 1.86 bits per heavy atom. The molecule has 0 saturated heterocycles. The first-order valence-electron chi connectivity index (χ1n) is 5.76. The molecule has 0 radical (unpaired) electrons. The molecule has 0 aliphatic rings. The van der Waals surface area contributed by atoms with Crippen LogP contribution in [0.4, 0.5) is 8.78 Å². The Hall–Kier alpha value is -2.46. The Morgan fingerprint density at radius 3 is 2.52 bits per heavy atom. The number of benzene rings is 2. The van der Waals surface area contributed by atoms with E-state index in [1.54, 1.807) is 6.07 Å². The van der Waals surface area contributed by atoms with Crippen LogP contribution in [0.1, 0.15) is 11.1 Å². The Balaban J connectivity index is 2.18. The van der Waals surface area contributed by atoms with Crippen LogP contribution in [0.25, 0.3) is 0 Å². The summed E-state index contributed by atoms with van der Waals surface area (Å²) in [7, 11) is -4.04. The van der Waals surface area contributed by atoms with Crippen molar-refractivity contribution in [2.24, 2.45) is 0 Å². The first kappa shape index (κ1) is 14.9. The lowest BCUT2D eigenvalue weighted by Crippen LogP contribution is -2.12. The van der Waals surface area contributed by atoms with Crippen LogP contribution >= 0.6 is 0 Å². The second-order valence-electron chi connectivity index (χ2n) is 4.17. The SMILES string of the molecule is N#Cc1cccc(CS(=O)(=O)Oc2ccc(F)c(F)c2)c1. The van der Waals surface area contributed by atoms with Gasteiger partial charge >= 0.3 is 10.1 Å². The number of hydrogen-bond acceptors (Lipinski definition) is 4. The molecule has 7 heteroatoms. The highest BCUT2D eigenvalue weighted by Crippen LogP contribution is 2.19. The summed E-state index contributed by atoms with van der Waals surface area (Å²) in [4.78, 5) is 0. The van der Waals surface area contributed by atoms with Gasteiger partial charge in [-0.05, 0) is 29.8 Å². The smallest absolute Gasteiger partial charge is 0.313 e. The van der Waals surface area contributed by atoms with E-state index in [-0.39, 0.29) is 5.75 Å². The van der Waals surface area contributed by atoms with E-state index in [4.69, 9.17) is 9.44 Å². The van der Waals surface area contributed by atoms with Gasteiger partial charge in [-0.1, -0.05) is 12.1 Å². The summed E-state index contributed by atoms with van der Waals surface area (Å²) in [6, 6.07) is 10.3. The Bertz CT molecular complexity index is 813. The monoisotopic (exact) mass is 309 g/mol. The van der Waals surface area contributed by atoms with Crippen LogP contribution in [0.3, 0.4) is 0 Å². The molecule has 0 heterocycles. The normalized spacial score (nSPS) is 10.9. The fraction of sp³-hybridized carbons (Fsp3) is 0.0714. The fourth-order valence-corrected chi connectivity index (χ4v) is 2.68. The molecule has 0 unspecified atom stereocenters. The van der Waals surface area contributed by atoms with Gasteiger partial charge in [0.1, 0.15) is 11.5 Å². The minimum atomic E-state index is -4.04. The van der Waals surface area contributed by atoms with Gasteiger partial charge in [0.2, 0.25) is 0 Å². The lowest BCUT2D eigenvalue weighted by molar-refractivity contribution is 0.471. The second-order valence-corrected chi connectivity index (χ2v) is 5.74. The highest BCUT2D eigenvalue weighted by atomic mass is 32.2. The maximum absolute atomic E-state index is 13.0. The molecule has 0 spiro atoms. The standard InChI is InChI=1S/C14H9F2NO3S/c15-13-5-4-12(7-14(13)16)20-21(18,19)9-11-3-1-2-10(6-11)8-17/h1-7H,9H2. The van der Waals surface area contributed by atoms with Gasteiger partial charge in [0, 0.05) is 6.07 Å². The predicted octanol–water partition coefficient (Wildman–Crippen LogP) is 2.75. The van der Waals surface area contributed by atoms with Crippen molar-refractivity contribution >= 4 is 10.1 Å². The van der Waals surface area contributed by atoms with Crippen LogP contribution in [0.5, 0.6) is 5.75 Å². The molecule has 0 bridgehead atoms. The van der Waals surface area contributed by atoms with Gasteiger partial charge in [0.15, 0.2) is 11.6 Å². The number of rotatable bonds is 4. The highest BCUT2D eigenvalue weighted by Gasteiger charge is 2.15. The van der Waals surface area contributed by atoms with E-state index < -0.39 is 27.5 Å². The topological polar surface area (TPSA) is 67.2 Å². The van der Waals surface area contributed by atoms with Crippen molar-refractivity contribution in [2.45, 2.75) is 5.75 Å². The van der Waals surface area contributed by atoms with E-state index in [1.165, 1.54) is 18.2 Å². The average Bonchev–Trinajstić information content (AvgIpc) is 2.42. The molecule has 0 amide bonds. The molecule has 2 aromatic carbocycles. The Morgan fingerprint density at radius 1 is 1.10 bits per heavy atom. The van der Waals surface area contributed by atoms with Crippen molar-refractivity contribution in [3.8, 4) is 11.8 Å². The molecule has 0 atom stereocenters. The van der Waals surface area contributed by atoms with E-state index in [1.807, 2.05) is 6.07 Å².